The highest BCUT2D eigenvalue weighted by Gasteiger charge is 2.22. The van der Waals surface area contributed by atoms with Crippen LogP contribution in [0, 0.1) is 5.82 Å². The van der Waals surface area contributed by atoms with Crippen molar-refractivity contribution in [1.29, 1.82) is 0 Å². The Morgan fingerprint density at radius 2 is 2.00 bits per heavy atom. The first-order chi connectivity index (χ1) is 8.56. The van der Waals surface area contributed by atoms with Gasteiger partial charge in [-0.05, 0) is 43.9 Å². The van der Waals surface area contributed by atoms with Gasteiger partial charge in [0.05, 0.1) is 5.56 Å². The fraction of sp³-hybridized carbons (Fsp3) is 0.462. The number of hydrogen-bond donors (Lipinski definition) is 1. The van der Waals surface area contributed by atoms with Crippen LogP contribution in [-0.2, 0) is 0 Å². The predicted molar refractivity (Wildman–Crippen MR) is 73.8 cm³/mol. The molecule has 1 N–H and O–H groups in total. The Morgan fingerprint density at radius 3 is 2.61 bits per heavy atom. The van der Waals surface area contributed by atoms with Crippen LogP contribution in [0.25, 0.3) is 0 Å². The average Bonchev–Trinajstić information content (AvgIpc) is 2.32. The van der Waals surface area contributed by atoms with Crippen molar-refractivity contribution in [2.75, 3.05) is 0 Å². The molecule has 0 aromatic heterocycles. The summed E-state index contributed by atoms with van der Waals surface area (Å²) in [5.74, 6) is -0.934. The predicted octanol–water partition coefficient (Wildman–Crippen LogP) is 3.92. The maximum atomic E-state index is 13.6. The Bertz CT molecular complexity index is 447. The van der Waals surface area contributed by atoms with Gasteiger partial charge in [-0.1, -0.05) is 27.5 Å². The highest BCUT2D eigenvalue weighted by Crippen LogP contribution is 2.24. The molecular weight excluding hydrogens is 321 g/mol. The molecule has 1 saturated carbocycles. The molecule has 0 spiro atoms. The van der Waals surface area contributed by atoms with Crippen LogP contribution >= 0.6 is 27.5 Å². The minimum Gasteiger partial charge on any atom is -0.349 e. The zero-order valence-electron chi connectivity index (χ0n) is 9.76. The molecule has 0 aliphatic heterocycles. The van der Waals surface area contributed by atoms with E-state index in [0.29, 0.717) is 9.85 Å². The summed E-state index contributed by atoms with van der Waals surface area (Å²) in [6.45, 7) is 0. The summed E-state index contributed by atoms with van der Waals surface area (Å²) in [6, 6.07) is 4.24. The van der Waals surface area contributed by atoms with Crippen LogP contribution in [0.5, 0.6) is 0 Å². The van der Waals surface area contributed by atoms with E-state index in [1.807, 2.05) is 0 Å². The lowest BCUT2D eigenvalue weighted by Crippen LogP contribution is -2.38. The number of alkyl halides is 1. The zero-order valence-corrected chi connectivity index (χ0v) is 12.1. The van der Waals surface area contributed by atoms with Gasteiger partial charge >= 0.3 is 0 Å². The first-order valence-corrected chi connectivity index (χ1v) is 7.25. The highest BCUT2D eigenvalue weighted by atomic mass is 79.9. The van der Waals surface area contributed by atoms with Gasteiger partial charge in [0.15, 0.2) is 0 Å². The van der Waals surface area contributed by atoms with E-state index in [9.17, 15) is 9.18 Å². The van der Waals surface area contributed by atoms with E-state index < -0.39 is 5.82 Å². The van der Waals surface area contributed by atoms with Crippen LogP contribution < -0.4 is 5.32 Å². The number of nitrogens with one attached hydrogen (secondary N) is 1. The van der Waals surface area contributed by atoms with E-state index in [1.165, 1.54) is 12.1 Å². The normalized spacial score (nSPS) is 23.7. The number of hydrogen-bond acceptors (Lipinski definition) is 1. The van der Waals surface area contributed by atoms with Gasteiger partial charge in [-0.15, -0.1) is 0 Å². The van der Waals surface area contributed by atoms with Gasteiger partial charge in [-0.3, -0.25) is 4.79 Å². The van der Waals surface area contributed by atoms with Gasteiger partial charge in [0.25, 0.3) is 5.91 Å². The quantitative estimate of drug-likeness (QED) is 0.816. The second-order valence-electron chi connectivity index (χ2n) is 4.55. The van der Waals surface area contributed by atoms with Crippen LogP contribution in [0.4, 0.5) is 4.39 Å². The van der Waals surface area contributed by atoms with Crippen molar-refractivity contribution in [3.63, 3.8) is 0 Å². The SMILES string of the molecule is O=C(NC1CCC(Br)CC1)c1ccc(Cl)cc1F. The van der Waals surface area contributed by atoms with E-state index >= 15 is 0 Å². The molecule has 98 valence electrons. The first-order valence-electron chi connectivity index (χ1n) is 5.96. The summed E-state index contributed by atoms with van der Waals surface area (Å²) < 4.78 is 13.6. The summed E-state index contributed by atoms with van der Waals surface area (Å²) in [5, 5.41) is 3.17. The molecule has 0 saturated heterocycles. The second kappa shape index (κ2) is 6.02. The molecule has 1 aliphatic rings. The van der Waals surface area contributed by atoms with Crippen LogP contribution in [0.15, 0.2) is 18.2 Å². The van der Waals surface area contributed by atoms with Gasteiger partial charge in [0, 0.05) is 15.9 Å². The van der Waals surface area contributed by atoms with E-state index in [4.69, 9.17) is 11.6 Å². The summed E-state index contributed by atoms with van der Waals surface area (Å²) in [6.07, 6.45) is 3.93. The largest absolute Gasteiger partial charge is 0.349 e. The van der Waals surface area contributed by atoms with Gasteiger partial charge in [0.1, 0.15) is 5.82 Å². The minimum atomic E-state index is -0.575. The molecule has 0 heterocycles. The van der Waals surface area contributed by atoms with Crippen molar-refractivity contribution in [2.24, 2.45) is 0 Å². The number of rotatable bonds is 2. The van der Waals surface area contributed by atoms with Crippen molar-refractivity contribution < 1.29 is 9.18 Å². The molecule has 5 heteroatoms. The smallest absolute Gasteiger partial charge is 0.254 e. The molecular formula is C13H14BrClFNO. The molecule has 0 atom stereocenters. The summed E-state index contributed by atoms with van der Waals surface area (Å²) in [7, 11) is 0. The van der Waals surface area contributed by atoms with Crippen LogP contribution in [0.3, 0.4) is 0 Å². The van der Waals surface area contributed by atoms with E-state index in [2.05, 4.69) is 21.2 Å². The number of amides is 1. The topological polar surface area (TPSA) is 29.1 Å². The number of carbonyl (C=O) groups is 1. The zero-order chi connectivity index (χ0) is 13.1. The van der Waals surface area contributed by atoms with Gasteiger partial charge in [-0.2, -0.15) is 0 Å². The molecule has 2 rings (SSSR count). The third-order valence-electron chi connectivity index (χ3n) is 3.17. The van der Waals surface area contributed by atoms with Crippen molar-refractivity contribution in [2.45, 2.75) is 36.6 Å². The second-order valence-corrected chi connectivity index (χ2v) is 6.28. The minimum absolute atomic E-state index is 0.0559. The Balaban J connectivity index is 1.99. The molecule has 18 heavy (non-hydrogen) atoms. The lowest BCUT2D eigenvalue weighted by atomic mass is 9.95. The number of halogens is 3. The van der Waals surface area contributed by atoms with Gasteiger partial charge in [-0.25, -0.2) is 4.39 Å². The summed E-state index contributed by atoms with van der Waals surface area (Å²) in [4.78, 5) is 12.5. The van der Waals surface area contributed by atoms with Crippen LogP contribution in [0.1, 0.15) is 36.0 Å². The first kappa shape index (κ1) is 13.8. The fourth-order valence-electron chi connectivity index (χ4n) is 2.13. The monoisotopic (exact) mass is 333 g/mol. The maximum Gasteiger partial charge on any atom is 0.254 e. The molecule has 1 amide bonds. The average molecular weight is 335 g/mol. The Morgan fingerprint density at radius 1 is 1.33 bits per heavy atom. The maximum absolute atomic E-state index is 13.6. The van der Waals surface area contributed by atoms with E-state index in [-0.39, 0.29) is 17.5 Å². The Kier molecular flexibility index (Phi) is 4.62. The lowest BCUT2D eigenvalue weighted by molar-refractivity contribution is 0.0924. The third kappa shape index (κ3) is 3.45. The van der Waals surface area contributed by atoms with E-state index in [1.54, 1.807) is 0 Å². The van der Waals surface area contributed by atoms with Crippen molar-refractivity contribution in [3.8, 4) is 0 Å². The van der Waals surface area contributed by atoms with Crippen molar-refractivity contribution >= 4 is 33.4 Å². The summed E-state index contributed by atoms with van der Waals surface area (Å²) >= 11 is 9.21. The van der Waals surface area contributed by atoms with Gasteiger partial charge < -0.3 is 5.32 Å². The van der Waals surface area contributed by atoms with Gasteiger partial charge in [0.2, 0.25) is 0 Å². The summed E-state index contributed by atoms with van der Waals surface area (Å²) in [5.41, 5.74) is 0.0559. The van der Waals surface area contributed by atoms with Crippen molar-refractivity contribution in [1.82, 2.24) is 5.32 Å². The standard InChI is InChI=1S/C13H14BrClFNO/c14-8-1-4-10(5-2-8)17-13(18)11-6-3-9(15)7-12(11)16/h3,6-8,10H,1-2,4-5H2,(H,17,18). The molecule has 1 aromatic rings. The van der Waals surface area contributed by atoms with Crippen LogP contribution in [-0.4, -0.2) is 16.8 Å². The third-order valence-corrected chi connectivity index (χ3v) is 4.32. The Labute approximate surface area is 119 Å². The number of benzene rings is 1. The molecule has 1 fully saturated rings. The number of carbonyl (C=O) groups excluding carboxylic acids is 1. The van der Waals surface area contributed by atoms with Crippen LogP contribution in [0.2, 0.25) is 5.02 Å². The molecule has 1 aliphatic carbocycles. The molecule has 0 unspecified atom stereocenters. The molecule has 2 nitrogen and oxygen atoms in total. The molecule has 0 bridgehead atoms. The van der Waals surface area contributed by atoms with E-state index in [0.717, 1.165) is 31.7 Å². The fourth-order valence-corrected chi connectivity index (χ4v) is 2.82. The lowest BCUT2D eigenvalue weighted by Gasteiger charge is -2.26. The van der Waals surface area contributed by atoms with Crippen molar-refractivity contribution in [3.05, 3.63) is 34.6 Å². The highest BCUT2D eigenvalue weighted by molar-refractivity contribution is 9.09. The molecule has 1 aromatic carbocycles. The molecule has 0 radical (unpaired) electrons. The Hall–Kier alpha value is -0.610.